The second kappa shape index (κ2) is 9.54. The summed E-state index contributed by atoms with van der Waals surface area (Å²) in [7, 11) is -2.41. The minimum atomic E-state index is -3.96. The van der Waals surface area contributed by atoms with Gasteiger partial charge in [-0.05, 0) is 65.1 Å². The van der Waals surface area contributed by atoms with Crippen LogP contribution < -0.4 is 10.1 Å². The molecule has 0 radical (unpaired) electrons. The minimum absolute atomic E-state index is 0.0161. The molecular formula is C19H19IN2O6S2. The van der Waals surface area contributed by atoms with Gasteiger partial charge in [-0.3, -0.25) is 9.59 Å². The number of halogens is 1. The molecule has 0 aliphatic carbocycles. The molecule has 2 aromatic rings. The topological polar surface area (TPSA) is 113 Å². The van der Waals surface area contributed by atoms with E-state index in [9.17, 15) is 23.1 Å². The molecule has 1 aliphatic heterocycles. The first-order chi connectivity index (χ1) is 14.2. The monoisotopic (exact) mass is 562 g/mol. The summed E-state index contributed by atoms with van der Waals surface area (Å²) in [5.41, 5.74) is 0.862. The van der Waals surface area contributed by atoms with Crippen LogP contribution in [-0.2, 0) is 14.8 Å². The fourth-order valence-electron chi connectivity index (χ4n) is 2.93. The molecule has 1 heterocycles. The second-order valence-corrected chi connectivity index (χ2v) is 10.6. The number of ether oxygens (including phenoxy) is 1. The van der Waals surface area contributed by atoms with E-state index in [2.05, 4.69) is 27.9 Å². The first kappa shape index (κ1) is 22.8. The molecule has 1 aliphatic rings. The number of nitrogens with one attached hydrogen (secondary N) is 1. The first-order valence-electron chi connectivity index (χ1n) is 8.81. The van der Waals surface area contributed by atoms with Gasteiger partial charge in [0, 0.05) is 29.3 Å². The normalized spacial score (nSPS) is 17.3. The Labute approximate surface area is 192 Å². The maximum absolute atomic E-state index is 12.9. The molecule has 0 saturated carbocycles. The number of aliphatic carboxylic acids is 1. The number of nitrogens with zero attached hydrogens (tertiary/aromatic N) is 1. The van der Waals surface area contributed by atoms with Crippen LogP contribution in [0.1, 0.15) is 10.4 Å². The number of carbonyl (C=O) groups excluding carboxylic acids is 1. The van der Waals surface area contributed by atoms with Gasteiger partial charge in [-0.2, -0.15) is 16.1 Å². The van der Waals surface area contributed by atoms with E-state index >= 15 is 0 Å². The van der Waals surface area contributed by atoms with E-state index in [1.54, 1.807) is 25.3 Å². The molecule has 1 fully saturated rings. The standard InChI is InChI=1S/C19H19IN2O6S2/c1-28-17-7-2-12(10-15(17)20)18(23)21-13-3-5-14(6-4-13)30(26,27)22-8-9-29-11-16(22)19(24)25/h2-7,10,16H,8-9,11H2,1H3,(H,21,23)(H,24,25). The van der Waals surface area contributed by atoms with E-state index in [1.807, 2.05) is 0 Å². The van der Waals surface area contributed by atoms with E-state index < -0.39 is 22.0 Å². The number of carboxylic acids is 1. The van der Waals surface area contributed by atoms with Crippen LogP contribution in [0, 0.1) is 3.57 Å². The summed E-state index contributed by atoms with van der Waals surface area (Å²) in [4.78, 5) is 23.9. The van der Waals surface area contributed by atoms with Crippen LogP contribution in [-0.4, -0.2) is 60.9 Å². The Morgan fingerprint density at radius 2 is 1.93 bits per heavy atom. The number of carboxylic acid groups (broad SMARTS) is 1. The SMILES string of the molecule is COc1ccc(C(=O)Nc2ccc(S(=O)(=O)N3CCSCC3C(=O)O)cc2)cc1I. The molecule has 11 heteroatoms. The van der Waals surface area contributed by atoms with Gasteiger partial charge in [-0.25, -0.2) is 8.42 Å². The van der Waals surface area contributed by atoms with Crippen LogP contribution in [0.25, 0.3) is 0 Å². The summed E-state index contributed by atoms with van der Waals surface area (Å²) in [6, 6.07) is 9.62. The molecule has 160 valence electrons. The van der Waals surface area contributed by atoms with Gasteiger partial charge < -0.3 is 15.2 Å². The van der Waals surface area contributed by atoms with Crippen molar-refractivity contribution in [2.75, 3.05) is 30.5 Å². The van der Waals surface area contributed by atoms with E-state index in [0.717, 1.165) is 7.88 Å². The zero-order valence-corrected chi connectivity index (χ0v) is 19.7. The summed E-state index contributed by atoms with van der Waals surface area (Å²) >= 11 is 3.49. The van der Waals surface area contributed by atoms with Crippen LogP contribution in [0.4, 0.5) is 5.69 Å². The van der Waals surface area contributed by atoms with Gasteiger partial charge in [0.05, 0.1) is 15.6 Å². The number of anilines is 1. The lowest BCUT2D eigenvalue weighted by Crippen LogP contribution is -2.50. The van der Waals surface area contributed by atoms with Gasteiger partial charge in [-0.1, -0.05) is 0 Å². The molecule has 1 atom stereocenters. The largest absolute Gasteiger partial charge is 0.496 e. The number of benzene rings is 2. The molecule has 3 rings (SSSR count). The highest BCUT2D eigenvalue weighted by Gasteiger charge is 2.37. The molecule has 2 aromatic carbocycles. The third kappa shape index (κ3) is 4.90. The molecule has 8 nitrogen and oxygen atoms in total. The highest BCUT2D eigenvalue weighted by atomic mass is 127. The molecule has 30 heavy (non-hydrogen) atoms. The van der Waals surface area contributed by atoms with Crippen LogP contribution in [0.2, 0.25) is 0 Å². The maximum Gasteiger partial charge on any atom is 0.322 e. The van der Waals surface area contributed by atoms with Crippen molar-refractivity contribution in [2.45, 2.75) is 10.9 Å². The third-order valence-electron chi connectivity index (χ3n) is 4.50. The predicted molar refractivity (Wildman–Crippen MR) is 123 cm³/mol. The zero-order valence-electron chi connectivity index (χ0n) is 15.9. The van der Waals surface area contributed by atoms with E-state index in [0.29, 0.717) is 22.8 Å². The second-order valence-electron chi connectivity index (χ2n) is 6.37. The summed E-state index contributed by atoms with van der Waals surface area (Å²) in [5.74, 6) is -0.0901. The van der Waals surface area contributed by atoms with E-state index in [1.165, 1.54) is 36.0 Å². The fraction of sp³-hybridized carbons (Fsp3) is 0.263. The molecule has 0 aromatic heterocycles. The lowest BCUT2D eigenvalue weighted by atomic mass is 10.2. The molecule has 1 amide bonds. The molecule has 1 unspecified atom stereocenters. The van der Waals surface area contributed by atoms with Crippen molar-refractivity contribution in [2.24, 2.45) is 0 Å². The Kier molecular flexibility index (Phi) is 7.26. The van der Waals surface area contributed by atoms with Crippen LogP contribution in [0.5, 0.6) is 5.75 Å². The number of sulfonamides is 1. The number of hydrogen-bond donors (Lipinski definition) is 2. The van der Waals surface area contributed by atoms with Crippen molar-refractivity contribution in [3.05, 3.63) is 51.6 Å². The Hall–Kier alpha value is -1.83. The highest BCUT2D eigenvalue weighted by Crippen LogP contribution is 2.26. The number of hydrogen-bond acceptors (Lipinski definition) is 6. The van der Waals surface area contributed by atoms with Crippen LogP contribution in [0.15, 0.2) is 47.4 Å². The van der Waals surface area contributed by atoms with Crippen molar-refractivity contribution in [1.82, 2.24) is 4.31 Å². The van der Waals surface area contributed by atoms with Crippen molar-refractivity contribution >= 4 is 61.9 Å². The Bertz CT molecular complexity index is 1060. The summed E-state index contributed by atoms with van der Waals surface area (Å²) < 4.78 is 32.8. The van der Waals surface area contributed by atoms with Gasteiger partial charge >= 0.3 is 5.97 Å². The van der Waals surface area contributed by atoms with Gasteiger partial charge in [0.1, 0.15) is 11.8 Å². The van der Waals surface area contributed by atoms with Crippen molar-refractivity contribution in [1.29, 1.82) is 0 Å². The van der Waals surface area contributed by atoms with Gasteiger partial charge in [0.25, 0.3) is 5.91 Å². The molecule has 2 N–H and O–H groups in total. The number of carbonyl (C=O) groups is 2. The summed E-state index contributed by atoms with van der Waals surface area (Å²) in [6.45, 7) is 0.137. The van der Waals surface area contributed by atoms with Crippen LogP contribution >= 0.6 is 34.4 Å². The predicted octanol–water partition coefficient (Wildman–Crippen LogP) is 2.74. The molecule has 0 bridgehead atoms. The van der Waals surface area contributed by atoms with Crippen LogP contribution in [0.3, 0.4) is 0 Å². The average molecular weight is 562 g/mol. The van der Waals surface area contributed by atoms with E-state index in [4.69, 9.17) is 4.74 Å². The number of methoxy groups -OCH3 is 1. The Balaban J connectivity index is 1.76. The van der Waals surface area contributed by atoms with Gasteiger partial charge in [-0.15, -0.1) is 0 Å². The Morgan fingerprint density at radius 3 is 2.53 bits per heavy atom. The lowest BCUT2D eigenvalue weighted by Gasteiger charge is -2.31. The van der Waals surface area contributed by atoms with Crippen molar-refractivity contribution < 1.29 is 27.9 Å². The molecule has 0 spiro atoms. The quantitative estimate of drug-likeness (QED) is 0.521. The van der Waals surface area contributed by atoms with E-state index in [-0.39, 0.29) is 23.1 Å². The maximum atomic E-state index is 12.9. The minimum Gasteiger partial charge on any atom is -0.496 e. The Morgan fingerprint density at radius 1 is 1.23 bits per heavy atom. The molecular weight excluding hydrogens is 543 g/mol. The lowest BCUT2D eigenvalue weighted by molar-refractivity contribution is -0.140. The summed E-state index contributed by atoms with van der Waals surface area (Å²) in [5, 5.41) is 12.1. The average Bonchev–Trinajstić information content (AvgIpc) is 2.74. The fourth-order valence-corrected chi connectivity index (χ4v) is 6.49. The zero-order chi connectivity index (χ0) is 21.9. The number of thioether (sulfide) groups is 1. The smallest absolute Gasteiger partial charge is 0.322 e. The van der Waals surface area contributed by atoms with Gasteiger partial charge in [0.2, 0.25) is 10.0 Å². The number of rotatable bonds is 6. The van der Waals surface area contributed by atoms with Gasteiger partial charge in [0.15, 0.2) is 0 Å². The highest BCUT2D eigenvalue weighted by molar-refractivity contribution is 14.1. The summed E-state index contributed by atoms with van der Waals surface area (Å²) in [6.07, 6.45) is 0. The first-order valence-corrected chi connectivity index (χ1v) is 12.5. The molecule has 1 saturated heterocycles. The number of amides is 1. The third-order valence-corrected chi connectivity index (χ3v) is 8.29. The van der Waals surface area contributed by atoms with Crippen molar-refractivity contribution in [3.63, 3.8) is 0 Å². The van der Waals surface area contributed by atoms with Crippen molar-refractivity contribution in [3.8, 4) is 5.75 Å².